The van der Waals surface area contributed by atoms with Crippen molar-refractivity contribution in [3.8, 4) is 6.07 Å². The van der Waals surface area contributed by atoms with Crippen LogP contribution in [0.3, 0.4) is 0 Å². The van der Waals surface area contributed by atoms with E-state index in [1.54, 1.807) is 24.3 Å². The van der Waals surface area contributed by atoms with Crippen molar-refractivity contribution in [1.82, 2.24) is 0 Å². The highest BCUT2D eigenvalue weighted by molar-refractivity contribution is 6.19. The van der Waals surface area contributed by atoms with Crippen molar-refractivity contribution in [2.24, 2.45) is 4.99 Å². The molecule has 0 aliphatic carbocycles. The summed E-state index contributed by atoms with van der Waals surface area (Å²) >= 11 is 0. The van der Waals surface area contributed by atoms with E-state index in [4.69, 9.17) is 5.26 Å². The lowest BCUT2D eigenvalue weighted by Gasteiger charge is -2.18. The molecule has 0 fully saturated rings. The third kappa shape index (κ3) is 2.16. The Kier molecular flexibility index (Phi) is 3.09. The van der Waals surface area contributed by atoms with Crippen molar-refractivity contribution in [2.75, 3.05) is 29.4 Å². The predicted molar refractivity (Wildman–Crippen MR) is 88.9 cm³/mol. The summed E-state index contributed by atoms with van der Waals surface area (Å²) in [6.45, 7) is 1.86. The van der Waals surface area contributed by atoms with Gasteiger partial charge in [0.15, 0.2) is 5.78 Å². The minimum absolute atomic E-state index is 0.0146. The molecule has 0 spiro atoms. The molecule has 4 rings (SSSR count). The van der Waals surface area contributed by atoms with Gasteiger partial charge in [0, 0.05) is 12.1 Å². The maximum atomic E-state index is 12.6. The first-order valence-corrected chi connectivity index (χ1v) is 7.50. The topological polar surface area (TPSA) is 59.7 Å². The summed E-state index contributed by atoms with van der Waals surface area (Å²) in [6.07, 6.45) is 0. The van der Waals surface area contributed by atoms with Crippen LogP contribution in [0.4, 0.5) is 11.4 Å². The van der Waals surface area contributed by atoms with Gasteiger partial charge in [0.2, 0.25) is 5.96 Å². The summed E-state index contributed by atoms with van der Waals surface area (Å²) in [5.41, 5.74) is 3.29. The van der Waals surface area contributed by atoms with E-state index in [-0.39, 0.29) is 12.3 Å². The van der Waals surface area contributed by atoms with Crippen molar-refractivity contribution in [1.29, 1.82) is 5.26 Å². The zero-order valence-electron chi connectivity index (χ0n) is 12.4. The van der Waals surface area contributed by atoms with Crippen molar-refractivity contribution >= 4 is 23.1 Å². The number of rotatable bonds is 3. The number of carbonyl (C=O) groups excluding carboxylic acids is 1. The highest BCUT2D eigenvalue weighted by Gasteiger charge is 2.35. The smallest absolute Gasteiger partial charge is 0.206 e. The number of para-hydroxylation sites is 2. The first-order chi connectivity index (χ1) is 11.3. The summed E-state index contributed by atoms with van der Waals surface area (Å²) in [4.78, 5) is 21.3. The Morgan fingerprint density at radius 2 is 1.87 bits per heavy atom. The van der Waals surface area contributed by atoms with E-state index in [1.807, 2.05) is 23.1 Å². The molecule has 0 aromatic heterocycles. The van der Waals surface area contributed by atoms with E-state index in [9.17, 15) is 4.79 Å². The van der Waals surface area contributed by atoms with Gasteiger partial charge in [-0.05, 0) is 24.3 Å². The Morgan fingerprint density at radius 3 is 2.61 bits per heavy atom. The summed E-state index contributed by atoms with van der Waals surface area (Å²) in [5, 5.41) is 8.84. The van der Waals surface area contributed by atoms with Crippen LogP contribution in [-0.4, -0.2) is 31.4 Å². The second-order valence-electron chi connectivity index (χ2n) is 5.52. The quantitative estimate of drug-likeness (QED) is 0.817. The zero-order valence-corrected chi connectivity index (χ0v) is 12.4. The van der Waals surface area contributed by atoms with Gasteiger partial charge in [-0.25, -0.2) is 0 Å². The number of anilines is 2. The number of ketones is 1. The molecule has 2 aromatic rings. The number of Topliss-reactive ketones (excluding diaryl/α,β-unsaturated/α-hetero) is 1. The van der Waals surface area contributed by atoms with E-state index in [1.165, 1.54) is 0 Å². The van der Waals surface area contributed by atoms with Gasteiger partial charge in [-0.3, -0.25) is 9.79 Å². The molecular weight excluding hydrogens is 288 g/mol. The van der Waals surface area contributed by atoms with Gasteiger partial charge in [-0.2, -0.15) is 5.26 Å². The molecule has 2 aliphatic heterocycles. The normalized spacial score (nSPS) is 15.0. The monoisotopic (exact) mass is 302 g/mol. The highest BCUT2D eigenvalue weighted by atomic mass is 16.1. The molecule has 2 aliphatic rings. The number of nitrogens with zero attached hydrogens (tertiary/aromatic N) is 4. The SMILES string of the molecule is N#Cc1ccc(C(=O)CN2C3=NCCN3c3ccccc32)cc1. The summed E-state index contributed by atoms with van der Waals surface area (Å²) in [7, 11) is 0. The first-order valence-electron chi connectivity index (χ1n) is 7.50. The lowest BCUT2D eigenvalue weighted by atomic mass is 10.1. The van der Waals surface area contributed by atoms with Crippen LogP contribution in [0.1, 0.15) is 15.9 Å². The van der Waals surface area contributed by atoms with Gasteiger partial charge in [0.1, 0.15) is 0 Å². The van der Waals surface area contributed by atoms with Gasteiger partial charge < -0.3 is 9.80 Å². The van der Waals surface area contributed by atoms with Crippen LogP contribution in [0.25, 0.3) is 0 Å². The van der Waals surface area contributed by atoms with E-state index in [2.05, 4.69) is 22.0 Å². The number of fused-ring (bicyclic) bond motifs is 3. The number of guanidine groups is 1. The number of nitriles is 1. The minimum Gasteiger partial charge on any atom is -0.308 e. The Balaban J connectivity index is 1.63. The standard InChI is InChI=1S/C18H14N4O/c19-11-13-5-7-14(8-6-13)17(23)12-22-16-4-2-1-3-15(16)21-10-9-20-18(21)22/h1-8H,9-10,12H2. The van der Waals surface area contributed by atoms with Gasteiger partial charge >= 0.3 is 0 Å². The molecule has 5 heteroatoms. The lowest BCUT2D eigenvalue weighted by Crippen LogP contribution is -2.38. The summed E-state index contributed by atoms with van der Waals surface area (Å²) in [6, 6.07) is 16.9. The zero-order chi connectivity index (χ0) is 15.8. The first kappa shape index (κ1) is 13.5. The maximum Gasteiger partial charge on any atom is 0.206 e. The second-order valence-corrected chi connectivity index (χ2v) is 5.52. The minimum atomic E-state index is 0.0146. The third-order valence-corrected chi connectivity index (χ3v) is 4.16. The molecule has 2 aromatic carbocycles. The molecule has 0 bridgehead atoms. The molecule has 0 unspecified atom stereocenters. The Bertz CT molecular complexity index is 848. The predicted octanol–water partition coefficient (Wildman–Crippen LogP) is 2.44. The maximum absolute atomic E-state index is 12.6. The molecular formula is C18H14N4O. The molecule has 0 saturated carbocycles. The third-order valence-electron chi connectivity index (χ3n) is 4.16. The molecule has 5 nitrogen and oxygen atoms in total. The van der Waals surface area contributed by atoms with Crippen LogP contribution >= 0.6 is 0 Å². The van der Waals surface area contributed by atoms with Crippen LogP contribution in [0, 0.1) is 11.3 Å². The van der Waals surface area contributed by atoms with Gasteiger partial charge in [0.05, 0.1) is 36.1 Å². The van der Waals surface area contributed by atoms with E-state index < -0.39 is 0 Å². The molecule has 23 heavy (non-hydrogen) atoms. The van der Waals surface area contributed by atoms with Crippen molar-refractivity contribution < 1.29 is 4.79 Å². The van der Waals surface area contributed by atoms with Gasteiger partial charge in [-0.1, -0.05) is 24.3 Å². The fraction of sp³-hybridized carbons (Fsp3) is 0.167. The number of benzene rings is 2. The van der Waals surface area contributed by atoms with Crippen molar-refractivity contribution in [3.63, 3.8) is 0 Å². The number of hydrogen-bond donors (Lipinski definition) is 0. The Labute approximate surface area is 134 Å². The number of aliphatic imine (C=N–C) groups is 1. The van der Waals surface area contributed by atoms with E-state index >= 15 is 0 Å². The number of hydrogen-bond acceptors (Lipinski definition) is 5. The fourth-order valence-electron chi connectivity index (χ4n) is 3.04. The van der Waals surface area contributed by atoms with Crippen LogP contribution in [0.2, 0.25) is 0 Å². The molecule has 0 radical (unpaired) electrons. The fourth-order valence-corrected chi connectivity index (χ4v) is 3.04. The molecule has 2 heterocycles. The Morgan fingerprint density at radius 1 is 1.13 bits per heavy atom. The molecule has 0 N–H and O–H groups in total. The van der Waals surface area contributed by atoms with Crippen LogP contribution < -0.4 is 9.80 Å². The van der Waals surface area contributed by atoms with Crippen LogP contribution in [0.15, 0.2) is 53.5 Å². The second kappa shape index (κ2) is 5.25. The average molecular weight is 302 g/mol. The van der Waals surface area contributed by atoms with Gasteiger partial charge in [-0.15, -0.1) is 0 Å². The van der Waals surface area contributed by atoms with E-state index in [0.29, 0.717) is 11.1 Å². The van der Waals surface area contributed by atoms with Crippen molar-refractivity contribution in [2.45, 2.75) is 0 Å². The summed E-state index contributed by atoms with van der Waals surface area (Å²) < 4.78 is 0. The molecule has 0 saturated heterocycles. The molecule has 0 amide bonds. The number of carbonyl (C=O) groups is 1. The lowest BCUT2D eigenvalue weighted by molar-refractivity contribution is 0.100. The van der Waals surface area contributed by atoms with E-state index in [0.717, 1.165) is 30.4 Å². The average Bonchev–Trinajstić information content (AvgIpc) is 3.18. The molecule has 112 valence electrons. The molecule has 0 atom stereocenters. The highest BCUT2D eigenvalue weighted by Crippen LogP contribution is 2.38. The van der Waals surface area contributed by atoms with Crippen molar-refractivity contribution in [3.05, 3.63) is 59.7 Å². The van der Waals surface area contributed by atoms with Gasteiger partial charge in [0.25, 0.3) is 0 Å². The summed E-state index contributed by atoms with van der Waals surface area (Å²) in [5.74, 6) is 0.869. The largest absolute Gasteiger partial charge is 0.308 e. The van der Waals surface area contributed by atoms with Crippen LogP contribution in [-0.2, 0) is 0 Å². The van der Waals surface area contributed by atoms with Crippen LogP contribution in [0.5, 0.6) is 0 Å². The Hall–Kier alpha value is -3.13.